The van der Waals surface area contributed by atoms with Gasteiger partial charge in [-0.25, -0.2) is 0 Å². The average molecular weight is 408 g/mol. The second kappa shape index (κ2) is 7.65. The molecule has 0 saturated carbocycles. The van der Waals surface area contributed by atoms with Crippen molar-refractivity contribution in [3.8, 4) is 17.2 Å². The molecule has 0 aromatic heterocycles. The van der Waals surface area contributed by atoms with E-state index in [9.17, 15) is 9.59 Å². The summed E-state index contributed by atoms with van der Waals surface area (Å²) >= 11 is 0. The van der Waals surface area contributed by atoms with E-state index in [1.54, 1.807) is 0 Å². The van der Waals surface area contributed by atoms with E-state index >= 15 is 0 Å². The molecule has 7 nitrogen and oxygen atoms in total. The first kappa shape index (κ1) is 18.9. The summed E-state index contributed by atoms with van der Waals surface area (Å²) in [5, 5.41) is 0. The van der Waals surface area contributed by atoms with Crippen molar-refractivity contribution in [2.24, 2.45) is 11.8 Å². The SMILES string of the molecule is CCOc1ccccc1CN1CC2C(=O)N(Cc3ccc4c(c3)OCO4)C(=O)C2C1. The van der Waals surface area contributed by atoms with Crippen LogP contribution in [0.4, 0.5) is 0 Å². The summed E-state index contributed by atoms with van der Waals surface area (Å²) < 4.78 is 16.4. The van der Waals surface area contributed by atoms with E-state index in [2.05, 4.69) is 4.90 Å². The minimum atomic E-state index is -0.272. The standard InChI is InChI=1S/C23H24N2O5/c1-2-28-19-6-4-3-5-16(19)11-24-12-17-18(13-24)23(27)25(22(17)26)10-15-7-8-20-21(9-15)30-14-29-20/h3-9,17-18H,2,10-14H2,1H3. The molecule has 2 unspecified atom stereocenters. The number of benzene rings is 2. The summed E-state index contributed by atoms with van der Waals surface area (Å²) in [6.45, 7) is 4.89. The molecule has 7 heteroatoms. The summed E-state index contributed by atoms with van der Waals surface area (Å²) in [5.74, 6) is 1.51. The molecular formula is C23H24N2O5. The molecule has 0 bridgehead atoms. The number of carbonyl (C=O) groups excluding carboxylic acids is 2. The Kier molecular flexibility index (Phi) is 4.83. The van der Waals surface area contributed by atoms with Crippen LogP contribution in [0.5, 0.6) is 17.2 Å². The van der Waals surface area contributed by atoms with Crippen LogP contribution in [0.1, 0.15) is 18.1 Å². The average Bonchev–Trinajstić information content (AvgIpc) is 3.43. The number of nitrogens with zero attached hydrogens (tertiary/aromatic N) is 2. The molecule has 2 amide bonds. The molecule has 156 valence electrons. The Hall–Kier alpha value is -3.06. The van der Waals surface area contributed by atoms with Gasteiger partial charge in [0.25, 0.3) is 0 Å². The molecular weight excluding hydrogens is 384 g/mol. The fraction of sp³-hybridized carbons (Fsp3) is 0.391. The lowest BCUT2D eigenvalue weighted by molar-refractivity contribution is -0.141. The van der Waals surface area contributed by atoms with Crippen molar-refractivity contribution in [2.75, 3.05) is 26.5 Å². The lowest BCUT2D eigenvalue weighted by atomic mass is 10.00. The molecule has 0 spiro atoms. The molecule has 0 aliphatic carbocycles. The molecule has 5 rings (SSSR count). The quantitative estimate of drug-likeness (QED) is 0.684. The van der Waals surface area contributed by atoms with Crippen molar-refractivity contribution in [3.05, 3.63) is 53.6 Å². The van der Waals surface area contributed by atoms with Crippen LogP contribution in [0.2, 0.25) is 0 Å². The normalized spacial score (nSPS) is 22.6. The van der Waals surface area contributed by atoms with Crippen molar-refractivity contribution in [1.29, 1.82) is 0 Å². The minimum absolute atomic E-state index is 0.0803. The van der Waals surface area contributed by atoms with Gasteiger partial charge in [-0.05, 0) is 30.7 Å². The first-order valence-electron chi connectivity index (χ1n) is 10.3. The van der Waals surface area contributed by atoms with Gasteiger partial charge < -0.3 is 14.2 Å². The molecule has 0 radical (unpaired) electrons. The largest absolute Gasteiger partial charge is 0.494 e. The summed E-state index contributed by atoms with van der Waals surface area (Å²) in [7, 11) is 0. The number of amides is 2. The lowest BCUT2D eigenvalue weighted by Gasteiger charge is -2.21. The van der Waals surface area contributed by atoms with Crippen molar-refractivity contribution in [3.63, 3.8) is 0 Å². The van der Waals surface area contributed by atoms with E-state index in [1.165, 1.54) is 4.90 Å². The molecule has 30 heavy (non-hydrogen) atoms. The van der Waals surface area contributed by atoms with Crippen molar-refractivity contribution in [1.82, 2.24) is 9.80 Å². The predicted molar refractivity (Wildman–Crippen MR) is 108 cm³/mol. The summed E-state index contributed by atoms with van der Waals surface area (Å²) in [4.78, 5) is 29.6. The molecule has 3 aliphatic heterocycles. The first-order valence-corrected chi connectivity index (χ1v) is 10.3. The zero-order chi connectivity index (χ0) is 20.7. The van der Waals surface area contributed by atoms with Gasteiger partial charge in [0.15, 0.2) is 11.5 Å². The van der Waals surface area contributed by atoms with Gasteiger partial charge in [0.2, 0.25) is 18.6 Å². The molecule has 2 saturated heterocycles. The van der Waals surface area contributed by atoms with Gasteiger partial charge in [0.05, 0.1) is 25.0 Å². The number of carbonyl (C=O) groups is 2. The van der Waals surface area contributed by atoms with Crippen molar-refractivity contribution in [2.45, 2.75) is 20.0 Å². The number of hydrogen-bond donors (Lipinski definition) is 0. The number of fused-ring (bicyclic) bond motifs is 2. The lowest BCUT2D eigenvalue weighted by Crippen LogP contribution is -2.35. The van der Waals surface area contributed by atoms with E-state index in [1.807, 2.05) is 49.4 Å². The third kappa shape index (κ3) is 3.29. The molecule has 3 aliphatic rings. The van der Waals surface area contributed by atoms with E-state index in [0.29, 0.717) is 37.7 Å². The highest BCUT2D eigenvalue weighted by Crippen LogP contribution is 2.37. The molecule has 2 atom stereocenters. The predicted octanol–water partition coefficient (Wildman–Crippen LogP) is 2.43. The molecule has 2 aromatic carbocycles. The molecule has 2 aromatic rings. The number of para-hydroxylation sites is 1. The highest BCUT2D eigenvalue weighted by atomic mass is 16.7. The van der Waals surface area contributed by atoms with Crippen molar-refractivity contribution < 1.29 is 23.8 Å². The molecule has 0 N–H and O–H groups in total. The Balaban J connectivity index is 1.26. The monoisotopic (exact) mass is 408 g/mol. The Bertz CT molecular complexity index is 967. The zero-order valence-electron chi connectivity index (χ0n) is 16.9. The maximum Gasteiger partial charge on any atom is 0.234 e. The number of hydrogen-bond acceptors (Lipinski definition) is 6. The maximum absolute atomic E-state index is 13.0. The Morgan fingerprint density at radius 2 is 1.70 bits per heavy atom. The minimum Gasteiger partial charge on any atom is -0.494 e. The van der Waals surface area contributed by atoms with Crippen LogP contribution in [0, 0.1) is 11.8 Å². The smallest absolute Gasteiger partial charge is 0.234 e. The third-order valence-corrected chi connectivity index (χ3v) is 6.01. The van der Waals surface area contributed by atoms with Gasteiger partial charge in [-0.15, -0.1) is 0 Å². The summed E-state index contributed by atoms with van der Waals surface area (Å²) in [6.07, 6.45) is 0. The van der Waals surface area contributed by atoms with Gasteiger partial charge in [0.1, 0.15) is 5.75 Å². The van der Waals surface area contributed by atoms with E-state index in [4.69, 9.17) is 14.2 Å². The number of imide groups is 1. The first-order chi connectivity index (χ1) is 14.6. The van der Waals surface area contributed by atoms with Gasteiger partial charge in [-0.3, -0.25) is 19.4 Å². The van der Waals surface area contributed by atoms with Gasteiger partial charge in [0, 0.05) is 25.2 Å². The highest BCUT2D eigenvalue weighted by Gasteiger charge is 2.52. The Morgan fingerprint density at radius 3 is 2.47 bits per heavy atom. The number of ether oxygens (including phenoxy) is 3. The second-order valence-corrected chi connectivity index (χ2v) is 7.90. The molecule has 2 fully saturated rings. The molecule has 3 heterocycles. The van der Waals surface area contributed by atoms with E-state index in [0.717, 1.165) is 16.9 Å². The van der Waals surface area contributed by atoms with Gasteiger partial charge in [-0.2, -0.15) is 0 Å². The third-order valence-electron chi connectivity index (χ3n) is 6.01. The fourth-order valence-corrected chi connectivity index (χ4v) is 4.57. The fourth-order valence-electron chi connectivity index (χ4n) is 4.57. The Labute approximate surface area is 175 Å². The van der Waals surface area contributed by atoms with Gasteiger partial charge in [-0.1, -0.05) is 24.3 Å². The van der Waals surface area contributed by atoms with Crippen LogP contribution in [0.25, 0.3) is 0 Å². The summed E-state index contributed by atoms with van der Waals surface area (Å²) in [6, 6.07) is 13.5. The number of rotatable bonds is 6. The van der Waals surface area contributed by atoms with E-state index < -0.39 is 0 Å². The van der Waals surface area contributed by atoms with E-state index in [-0.39, 0.29) is 37.0 Å². The van der Waals surface area contributed by atoms with Crippen LogP contribution in [0.15, 0.2) is 42.5 Å². The summed E-state index contributed by atoms with van der Waals surface area (Å²) in [5.41, 5.74) is 1.94. The highest BCUT2D eigenvalue weighted by molar-refractivity contribution is 6.05. The zero-order valence-corrected chi connectivity index (χ0v) is 16.9. The maximum atomic E-state index is 13.0. The van der Waals surface area contributed by atoms with Crippen LogP contribution < -0.4 is 14.2 Å². The van der Waals surface area contributed by atoms with Crippen LogP contribution in [-0.2, 0) is 22.7 Å². The van der Waals surface area contributed by atoms with Crippen molar-refractivity contribution >= 4 is 11.8 Å². The second-order valence-electron chi connectivity index (χ2n) is 7.90. The van der Waals surface area contributed by atoms with Crippen LogP contribution >= 0.6 is 0 Å². The van der Waals surface area contributed by atoms with Gasteiger partial charge >= 0.3 is 0 Å². The van der Waals surface area contributed by atoms with Crippen LogP contribution in [-0.4, -0.2) is 48.1 Å². The topological polar surface area (TPSA) is 68.3 Å². The number of likely N-dealkylation sites (tertiary alicyclic amines) is 2. The Morgan fingerprint density at radius 1 is 0.967 bits per heavy atom. The van der Waals surface area contributed by atoms with Crippen LogP contribution in [0.3, 0.4) is 0 Å².